The van der Waals surface area contributed by atoms with Crippen LogP contribution in [0, 0.1) is 13.8 Å². The van der Waals surface area contributed by atoms with Crippen LogP contribution >= 0.6 is 23.2 Å². The van der Waals surface area contributed by atoms with Gasteiger partial charge in [-0.1, -0.05) is 23.2 Å². The maximum atomic E-state index is 6.26. The lowest BCUT2D eigenvalue weighted by Crippen LogP contribution is -2.08. The quantitative estimate of drug-likeness (QED) is 0.733. The number of hydrogen-bond acceptors (Lipinski definition) is 5. The summed E-state index contributed by atoms with van der Waals surface area (Å²) in [5, 5.41) is 5.93. The van der Waals surface area contributed by atoms with Gasteiger partial charge in [0, 0.05) is 11.2 Å². The van der Waals surface area contributed by atoms with Crippen molar-refractivity contribution in [3.63, 3.8) is 0 Å². The predicted molar refractivity (Wildman–Crippen MR) is 82.6 cm³/mol. The molecular formula is C13H12Cl2N6. The molecule has 0 aliphatic heterocycles. The maximum absolute atomic E-state index is 6.26. The molecular weight excluding hydrogens is 311 g/mol. The smallest absolute Gasteiger partial charge is 0.223 e. The zero-order chi connectivity index (χ0) is 15.1. The standard InChI is InChI=1S/C13H12Cl2N6/c1-6-3-17-9(7(2)10(6)14)5-21-12-8(4-18-21)11(15)19-13(16)20-12/h3-4H,5H2,1-2H3,(H2,16,19,20). The van der Waals surface area contributed by atoms with Gasteiger partial charge in [-0.15, -0.1) is 0 Å². The molecule has 0 atom stereocenters. The van der Waals surface area contributed by atoms with Crippen LogP contribution in [0.5, 0.6) is 0 Å². The summed E-state index contributed by atoms with van der Waals surface area (Å²) in [6.45, 7) is 4.28. The van der Waals surface area contributed by atoms with Crippen molar-refractivity contribution in [1.82, 2.24) is 24.7 Å². The molecule has 3 rings (SSSR count). The Morgan fingerprint density at radius 1 is 1.19 bits per heavy atom. The second-order valence-electron chi connectivity index (χ2n) is 4.74. The van der Waals surface area contributed by atoms with E-state index in [-0.39, 0.29) is 11.1 Å². The Hall–Kier alpha value is -1.92. The van der Waals surface area contributed by atoms with Crippen LogP contribution in [-0.4, -0.2) is 24.7 Å². The van der Waals surface area contributed by atoms with Gasteiger partial charge in [-0.05, 0) is 25.0 Å². The van der Waals surface area contributed by atoms with E-state index in [0.717, 1.165) is 16.8 Å². The van der Waals surface area contributed by atoms with Crippen LogP contribution in [0.2, 0.25) is 10.2 Å². The Morgan fingerprint density at radius 2 is 1.95 bits per heavy atom. The molecule has 0 aliphatic carbocycles. The highest BCUT2D eigenvalue weighted by Gasteiger charge is 2.13. The minimum Gasteiger partial charge on any atom is -0.368 e. The van der Waals surface area contributed by atoms with Crippen molar-refractivity contribution < 1.29 is 0 Å². The van der Waals surface area contributed by atoms with Gasteiger partial charge in [0.05, 0.1) is 23.8 Å². The molecule has 0 unspecified atom stereocenters. The third-order valence-corrected chi connectivity index (χ3v) is 4.16. The second kappa shape index (κ2) is 5.13. The van der Waals surface area contributed by atoms with E-state index in [2.05, 4.69) is 20.1 Å². The van der Waals surface area contributed by atoms with E-state index in [1.54, 1.807) is 17.1 Å². The first-order valence-corrected chi connectivity index (χ1v) is 6.98. The molecule has 0 spiro atoms. The van der Waals surface area contributed by atoms with Crippen LogP contribution in [0.3, 0.4) is 0 Å². The summed E-state index contributed by atoms with van der Waals surface area (Å²) in [5.41, 5.74) is 8.90. The van der Waals surface area contributed by atoms with Crippen LogP contribution in [0.25, 0.3) is 11.0 Å². The summed E-state index contributed by atoms with van der Waals surface area (Å²) in [5.74, 6) is 0.112. The molecule has 0 amide bonds. The highest BCUT2D eigenvalue weighted by atomic mass is 35.5. The number of rotatable bonds is 2. The van der Waals surface area contributed by atoms with Gasteiger partial charge in [0.25, 0.3) is 0 Å². The summed E-state index contributed by atoms with van der Waals surface area (Å²) in [7, 11) is 0. The number of anilines is 1. The van der Waals surface area contributed by atoms with E-state index in [9.17, 15) is 0 Å². The first-order valence-electron chi connectivity index (χ1n) is 6.22. The van der Waals surface area contributed by atoms with Gasteiger partial charge in [-0.25, -0.2) is 9.67 Å². The molecule has 3 aromatic rings. The summed E-state index contributed by atoms with van der Waals surface area (Å²) >= 11 is 12.3. The van der Waals surface area contributed by atoms with E-state index in [0.29, 0.717) is 22.6 Å². The normalized spacial score (nSPS) is 11.2. The summed E-state index contributed by atoms with van der Waals surface area (Å²) < 4.78 is 1.68. The number of fused-ring (bicyclic) bond motifs is 1. The molecule has 0 bridgehead atoms. The predicted octanol–water partition coefficient (Wildman–Crippen LogP) is 2.78. The minimum absolute atomic E-state index is 0.112. The van der Waals surface area contributed by atoms with Gasteiger partial charge in [0.1, 0.15) is 5.15 Å². The van der Waals surface area contributed by atoms with Crippen molar-refractivity contribution in [2.75, 3.05) is 5.73 Å². The number of aromatic nitrogens is 5. The van der Waals surface area contributed by atoms with Gasteiger partial charge < -0.3 is 5.73 Å². The molecule has 6 nitrogen and oxygen atoms in total. The Bertz CT molecular complexity index is 842. The first kappa shape index (κ1) is 14.0. The largest absolute Gasteiger partial charge is 0.368 e. The van der Waals surface area contributed by atoms with E-state index in [1.807, 2.05) is 13.8 Å². The molecule has 0 aromatic carbocycles. The molecule has 21 heavy (non-hydrogen) atoms. The van der Waals surface area contributed by atoms with Crippen LogP contribution in [0.4, 0.5) is 5.95 Å². The number of nitrogens with zero attached hydrogens (tertiary/aromatic N) is 5. The number of hydrogen-bond donors (Lipinski definition) is 1. The van der Waals surface area contributed by atoms with Gasteiger partial charge in [-0.2, -0.15) is 10.1 Å². The zero-order valence-corrected chi connectivity index (χ0v) is 12.9. The van der Waals surface area contributed by atoms with E-state index < -0.39 is 0 Å². The molecule has 0 saturated carbocycles. The molecule has 0 radical (unpaired) electrons. The fourth-order valence-electron chi connectivity index (χ4n) is 2.10. The van der Waals surface area contributed by atoms with Crippen molar-refractivity contribution >= 4 is 40.2 Å². The molecule has 3 heterocycles. The topological polar surface area (TPSA) is 82.5 Å². The molecule has 3 aromatic heterocycles. The lowest BCUT2D eigenvalue weighted by molar-refractivity contribution is 0.685. The Balaban J connectivity index is 2.09. The maximum Gasteiger partial charge on any atom is 0.223 e. The van der Waals surface area contributed by atoms with Crippen molar-refractivity contribution in [3.05, 3.63) is 39.4 Å². The number of halogens is 2. The fourth-order valence-corrected chi connectivity index (χ4v) is 2.48. The molecule has 0 fully saturated rings. The SMILES string of the molecule is Cc1cnc(Cn2ncc3c(Cl)nc(N)nc32)c(C)c1Cl. The lowest BCUT2D eigenvalue weighted by Gasteiger charge is -2.09. The monoisotopic (exact) mass is 322 g/mol. The van der Waals surface area contributed by atoms with E-state index in [1.165, 1.54) is 0 Å². The number of nitrogen functional groups attached to an aromatic ring is 1. The summed E-state index contributed by atoms with van der Waals surface area (Å²) in [6.07, 6.45) is 3.36. The number of nitrogens with two attached hydrogens (primary N) is 1. The third-order valence-electron chi connectivity index (χ3n) is 3.29. The average Bonchev–Trinajstić information content (AvgIpc) is 2.83. The fraction of sp³-hybridized carbons (Fsp3) is 0.231. The Labute approximate surface area is 130 Å². The Morgan fingerprint density at radius 3 is 2.71 bits per heavy atom. The van der Waals surface area contributed by atoms with Gasteiger partial charge in [0.2, 0.25) is 5.95 Å². The minimum atomic E-state index is 0.112. The van der Waals surface area contributed by atoms with Crippen LogP contribution in [0.15, 0.2) is 12.4 Å². The first-order chi connectivity index (χ1) is 9.97. The van der Waals surface area contributed by atoms with Crippen molar-refractivity contribution in [2.24, 2.45) is 0 Å². The number of pyridine rings is 1. The van der Waals surface area contributed by atoms with Crippen LogP contribution < -0.4 is 5.73 Å². The van der Waals surface area contributed by atoms with Crippen LogP contribution in [0.1, 0.15) is 16.8 Å². The van der Waals surface area contributed by atoms with Gasteiger partial charge in [0.15, 0.2) is 5.65 Å². The van der Waals surface area contributed by atoms with Crippen LogP contribution in [-0.2, 0) is 6.54 Å². The Kier molecular flexibility index (Phi) is 3.43. The average molecular weight is 323 g/mol. The highest BCUT2D eigenvalue weighted by molar-refractivity contribution is 6.34. The van der Waals surface area contributed by atoms with Crippen molar-refractivity contribution in [3.8, 4) is 0 Å². The molecule has 8 heteroatoms. The van der Waals surface area contributed by atoms with Gasteiger partial charge >= 0.3 is 0 Å². The van der Waals surface area contributed by atoms with Gasteiger partial charge in [-0.3, -0.25) is 4.98 Å². The molecule has 0 saturated heterocycles. The molecule has 0 aliphatic rings. The van der Waals surface area contributed by atoms with E-state index in [4.69, 9.17) is 28.9 Å². The number of aryl methyl sites for hydroxylation is 1. The second-order valence-corrected chi connectivity index (χ2v) is 5.47. The summed E-state index contributed by atoms with van der Waals surface area (Å²) in [6, 6.07) is 0. The highest BCUT2D eigenvalue weighted by Crippen LogP contribution is 2.24. The summed E-state index contributed by atoms with van der Waals surface area (Å²) in [4.78, 5) is 12.5. The third kappa shape index (κ3) is 2.41. The van der Waals surface area contributed by atoms with Crippen molar-refractivity contribution in [2.45, 2.75) is 20.4 Å². The van der Waals surface area contributed by atoms with Crippen molar-refractivity contribution in [1.29, 1.82) is 0 Å². The molecule has 2 N–H and O–H groups in total. The lowest BCUT2D eigenvalue weighted by atomic mass is 10.1. The molecule has 108 valence electrons. The zero-order valence-electron chi connectivity index (χ0n) is 11.4. The van der Waals surface area contributed by atoms with E-state index >= 15 is 0 Å².